The molecule has 0 heterocycles. The fraction of sp³-hybridized carbons (Fsp3) is 0.533. The van der Waals surface area contributed by atoms with E-state index in [4.69, 9.17) is 0 Å². The largest absolute Gasteiger partial charge is 0.392 e. The van der Waals surface area contributed by atoms with Crippen LogP contribution in [-0.2, 0) is 4.79 Å². The summed E-state index contributed by atoms with van der Waals surface area (Å²) in [6, 6.07) is 6.13. The van der Waals surface area contributed by atoms with Gasteiger partial charge < -0.3 is 10.4 Å². The van der Waals surface area contributed by atoms with Crippen molar-refractivity contribution in [1.29, 1.82) is 0 Å². The highest BCUT2D eigenvalue weighted by atomic mass is 79.9. The van der Waals surface area contributed by atoms with Gasteiger partial charge in [-0.05, 0) is 37.1 Å². The smallest absolute Gasteiger partial charge is 0.230 e. The first kappa shape index (κ1) is 15.9. The number of aliphatic hydroxyl groups is 1. The molecule has 110 valence electrons. The number of nitrogens with one attached hydrogen (secondary N) is 1. The van der Waals surface area contributed by atoms with Crippen molar-refractivity contribution in [3.05, 3.63) is 28.2 Å². The summed E-state index contributed by atoms with van der Waals surface area (Å²) < 4.78 is 1.05. The van der Waals surface area contributed by atoms with Gasteiger partial charge in [-0.2, -0.15) is 0 Å². The van der Waals surface area contributed by atoms with Crippen LogP contribution < -0.4 is 5.32 Å². The van der Waals surface area contributed by atoms with Gasteiger partial charge >= 0.3 is 0 Å². The average Bonchev–Trinajstić information content (AvgIpc) is 2.37. The number of halogens is 1. The van der Waals surface area contributed by atoms with Crippen LogP contribution in [0.2, 0.25) is 0 Å². The lowest BCUT2D eigenvalue weighted by molar-refractivity contribution is -0.126. The average molecular weight is 358 g/mol. The maximum atomic E-state index is 12.0. The first-order chi connectivity index (χ1) is 9.30. The van der Waals surface area contributed by atoms with E-state index in [-0.39, 0.29) is 23.5 Å². The molecule has 3 nitrogen and oxygen atoms in total. The molecule has 5 heteroatoms. The lowest BCUT2D eigenvalue weighted by Crippen LogP contribution is -2.61. The lowest BCUT2D eigenvalue weighted by Gasteiger charge is -2.49. The van der Waals surface area contributed by atoms with Crippen molar-refractivity contribution in [3.8, 4) is 0 Å². The molecule has 1 aromatic carbocycles. The molecule has 0 aliphatic heterocycles. The zero-order valence-corrected chi connectivity index (χ0v) is 14.3. The highest BCUT2D eigenvalue weighted by Gasteiger charge is 2.47. The molecule has 1 aliphatic rings. The molecular weight excluding hydrogens is 338 g/mol. The summed E-state index contributed by atoms with van der Waals surface area (Å²) in [5, 5.41) is 12.7. The number of thioether (sulfide) groups is 1. The van der Waals surface area contributed by atoms with E-state index in [9.17, 15) is 9.90 Å². The lowest BCUT2D eigenvalue weighted by atomic mass is 9.64. The maximum Gasteiger partial charge on any atom is 0.230 e. The van der Waals surface area contributed by atoms with Gasteiger partial charge in [0, 0.05) is 20.8 Å². The van der Waals surface area contributed by atoms with Crippen LogP contribution in [0.4, 0.5) is 0 Å². The number of hydrogen-bond acceptors (Lipinski definition) is 3. The number of rotatable bonds is 4. The highest BCUT2D eigenvalue weighted by molar-refractivity contribution is 9.10. The molecule has 2 N–H and O–H groups in total. The molecule has 0 aromatic heterocycles. The Bertz CT molecular complexity index is 519. The van der Waals surface area contributed by atoms with Crippen LogP contribution in [0.1, 0.15) is 25.8 Å². The number of amides is 1. The van der Waals surface area contributed by atoms with Crippen molar-refractivity contribution in [2.45, 2.75) is 44.2 Å². The maximum absolute atomic E-state index is 12.0. The van der Waals surface area contributed by atoms with E-state index in [1.807, 2.05) is 39.0 Å². The molecule has 1 aliphatic carbocycles. The van der Waals surface area contributed by atoms with Crippen molar-refractivity contribution in [2.24, 2.45) is 5.41 Å². The van der Waals surface area contributed by atoms with Gasteiger partial charge in [-0.25, -0.2) is 0 Å². The Labute approximate surface area is 132 Å². The van der Waals surface area contributed by atoms with Crippen LogP contribution in [0.15, 0.2) is 27.6 Å². The zero-order chi connectivity index (χ0) is 14.9. The molecule has 0 radical (unpaired) electrons. The fourth-order valence-electron chi connectivity index (χ4n) is 2.30. The van der Waals surface area contributed by atoms with Gasteiger partial charge in [0.1, 0.15) is 0 Å². The Kier molecular flexibility index (Phi) is 4.82. The second-order valence-electron chi connectivity index (χ2n) is 5.89. The fourth-order valence-corrected chi connectivity index (χ4v) is 3.60. The Balaban J connectivity index is 1.84. The number of carbonyl (C=O) groups excluding carboxylic acids is 1. The standard InChI is InChI=1S/C15H20BrNO2S/c1-9-6-10(16)4-5-11(9)20-8-14(19)17-12-7-13(18)15(12,2)3/h4-6,12-13,18H,7-8H2,1-3H3,(H,17,19). The van der Waals surface area contributed by atoms with E-state index in [1.165, 1.54) is 0 Å². The van der Waals surface area contributed by atoms with Crippen LogP contribution in [0.25, 0.3) is 0 Å². The minimum absolute atomic E-state index is 0.0299. The van der Waals surface area contributed by atoms with Crippen LogP contribution in [0.3, 0.4) is 0 Å². The molecule has 2 unspecified atom stereocenters. The molecule has 0 bridgehead atoms. The number of aliphatic hydroxyl groups excluding tert-OH is 1. The van der Waals surface area contributed by atoms with E-state index in [0.717, 1.165) is 14.9 Å². The summed E-state index contributed by atoms with van der Waals surface area (Å²) in [4.78, 5) is 13.1. The van der Waals surface area contributed by atoms with Gasteiger partial charge in [0.2, 0.25) is 5.91 Å². The van der Waals surface area contributed by atoms with Gasteiger partial charge in [0.15, 0.2) is 0 Å². The summed E-state index contributed by atoms with van der Waals surface area (Å²) in [6.45, 7) is 6.01. The van der Waals surface area contributed by atoms with E-state index in [0.29, 0.717) is 12.2 Å². The number of benzene rings is 1. The first-order valence-electron chi connectivity index (χ1n) is 6.67. The predicted octanol–water partition coefficient (Wildman–Crippen LogP) is 3.13. The second-order valence-corrected chi connectivity index (χ2v) is 7.82. The molecule has 1 amide bonds. The SMILES string of the molecule is Cc1cc(Br)ccc1SCC(=O)NC1CC(O)C1(C)C. The Morgan fingerprint density at radius 1 is 1.55 bits per heavy atom. The van der Waals surface area contributed by atoms with E-state index >= 15 is 0 Å². The molecule has 2 atom stereocenters. The minimum Gasteiger partial charge on any atom is -0.392 e. The summed E-state index contributed by atoms with van der Waals surface area (Å²) in [5.41, 5.74) is 0.949. The monoisotopic (exact) mass is 357 g/mol. The molecule has 1 saturated carbocycles. The molecule has 0 saturated heterocycles. The molecule has 1 fully saturated rings. The third-order valence-electron chi connectivity index (χ3n) is 4.05. The van der Waals surface area contributed by atoms with Gasteiger partial charge in [-0.3, -0.25) is 4.79 Å². The van der Waals surface area contributed by atoms with E-state index < -0.39 is 0 Å². The van der Waals surface area contributed by atoms with Crippen LogP contribution in [0, 0.1) is 12.3 Å². The minimum atomic E-state index is -0.311. The molecule has 1 aromatic rings. The molecular formula is C15H20BrNO2S. The Morgan fingerprint density at radius 3 is 2.80 bits per heavy atom. The van der Waals surface area contributed by atoms with Crippen molar-refractivity contribution in [2.75, 3.05) is 5.75 Å². The van der Waals surface area contributed by atoms with Crippen LogP contribution in [-0.4, -0.2) is 28.9 Å². The van der Waals surface area contributed by atoms with Crippen molar-refractivity contribution < 1.29 is 9.90 Å². The number of aryl methyl sites for hydroxylation is 1. The zero-order valence-electron chi connectivity index (χ0n) is 11.9. The van der Waals surface area contributed by atoms with Gasteiger partial charge in [0.25, 0.3) is 0 Å². The Morgan fingerprint density at radius 2 is 2.25 bits per heavy atom. The summed E-state index contributed by atoms with van der Waals surface area (Å²) in [5.74, 6) is 0.438. The molecule has 2 rings (SSSR count). The van der Waals surface area contributed by atoms with Crippen molar-refractivity contribution >= 4 is 33.6 Å². The second kappa shape index (κ2) is 6.08. The summed E-state index contributed by atoms with van der Waals surface area (Å²) in [7, 11) is 0. The van der Waals surface area contributed by atoms with Crippen LogP contribution >= 0.6 is 27.7 Å². The normalized spacial score (nSPS) is 24.1. The number of carbonyl (C=O) groups is 1. The Hall–Kier alpha value is -0.520. The predicted molar refractivity (Wildman–Crippen MR) is 85.9 cm³/mol. The number of hydrogen-bond donors (Lipinski definition) is 2. The third-order valence-corrected chi connectivity index (χ3v) is 5.72. The van der Waals surface area contributed by atoms with E-state index in [2.05, 4.69) is 21.2 Å². The highest BCUT2D eigenvalue weighted by Crippen LogP contribution is 2.40. The third kappa shape index (κ3) is 3.38. The van der Waals surface area contributed by atoms with Gasteiger partial charge in [-0.15, -0.1) is 11.8 Å². The van der Waals surface area contributed by atoms with E-state index in [1.54, 1.807) is 11.8 Å². The topological polar surface area (TPSA) is 49.3 Å². The summed E-state index contributed by atoms with van der Waals surface area (Å²) >= 11 is 4.98. The van der Waals surface area contributed by atoms with Crippen LogP contribution in [0.5, 0.6) is 0 Å². The van der Waals surface area contributed by atoms with Gasteiger partial charge in [0.05, 0.1) is 11.9 Å². The molecule has 0 spiro atoms. The van der Waals surface area contributed by atoms with Gasteiger partial charge in [-0.1, -0.05) is 29.8 Å². The van der Waals surface area contributed by atoms with Crippen molar-refractivity contribution in [1.82, 2.24) is 5.32 Å². The quantitative estimate of drug-likeness (QED) is 0.813. The van der Waals surface area contributed by atoms with Crippen molar-refractivity contribution in [3.63, 3.8) is 0 Å². The first-order valence-corrected chi connectivity index (χ1v) is 8.45. The summed E-state index contributed by atoms with van der Waals surface area (Å²) in [6.07, 6.45) is 0.343. The molecule has 20 heavy (non-hydrogen) atoms.